The molecule has 1 aromatic heterocycles. The molecule has 1 aliphatic rings. The van der Waals surface area contributed by atoms with Gasteiger partial charge in [0, 0.05) is 46.0 Å². The number of anilines is 1. The molecular weight excluding hydrogens is 240 g/mol. The molecule has 5 heteroatoms. The predicted octanol–water partition coefficient (Wildman–Crippen LogP) is 1.31. The highest BCUT2D eigenvalue weighted by Crippen LogP contribution is 2.25. The van der Waals surface area contributed by atoms with Crippen LogP contribution in [0.5, 0.6) is 0 Å². The molecule has 0 unspecified atom stereocenters. The third-order valence-electron chi connectivity index (χ3n) is 3.90. The van der Waals surface area contributed by atoms with E-state index in [1.165, 1.54) is 24.2 Å². The van der Waals surface area contributed by atoms with Crippen LogP contribution in [0.25, 0.3) is 0 Å². The van der Waals surface area contributed by atoms with Crippen LogP contribution < -0.4 is 10.2 Å². The highest BCUT2D eigenvalue weighted by atomic mass is 16.5. The zero-order chi connectivity index (χ0) is 13.8. The van der Waals surface area contributed by atoms with E-state index >= 15 is 0 Å². The molecule has 0 saturated carbocycles. The van der Waals surface area contributed by atoms with Gasteiger partial charge in [0.1, 0.15) is 5.82 Å². The first kappa shape index (κ1) is 14.3. The van der Waals surface area contributed by atoms with Crippen molar-refractivity contribution in [2.45, 2.75) is 26.3 Å². The fourth-order valence-electron chi connectivity index (χ4n) is 2.95. The smallest absolute Gasteiger partial charge is 0.131 e. The Balaban J connectivity index is 2.10. The topological polar surface area (TPSA) is 42.3 Å². The van der Waals surface area contributed by atoms with Crippen LogP contribution in [0.1, 0.15) is 24.1 Å². The molecule has 0 aliphatic carbocycles. The lowest BCUT2D eigenvalue weighted by Gasteiger charge is -2.29. The minimum Gasteiger partial charge on any atom is -0.381 e. The fraction of sp³-hybridized carbons (Fsp3) is 0.786. The number of hydrogen-bond acceptors (Lipinski definition) is 4. The maximum Gasteiger partial charge on any atom is 0.131 e. The first-order chi connectivity index (χ1) is 9.13. The minimum absolute atomic E-state index is 0.733. The van der Waals surface area contributed by atoms with E-state index in [9.17, 15) is 0 Å². The van der Waals surface area contributed by atoms with Crippen molar-refractivity contribution in [1.29, 1.82) is 0 Å². The summed E-state index contributed by atoms with van der Waals surface area (Å²) in [5.41, 5.74) is 2.42. The number of ether oxygens (including phenoxy) is 1. The van der Waals surface area contributed by atoms with E-state index < -0.39 is 0 Å². The third-order valence-corrected chi connectivity index (χ3v) is 3.90. The van der Waals surface area contributed by atoms with E-state index in [0.717, 1.165) is 37.9 Å². The zero-order valence-electron chi connectivity index (χ0n) is 12.6. The Hall–Kier alpha value is -1.07. The number of aromatic nitrogens is 2. The van der Waals surface area contributed by atoms with Gasteiger partial charge in [-0.3, -0.25) is 4.68 Å². The lowest BCUT2D eigenvalue weighted by molar-refractivity contribution is 0.0684. The van der Waals surface area contributed by atoms with Crippen molar-refractivity contribution in [3.63, 3.8) is 0 Å². The molecule has 1 aromatic rings. The normalized spacial score (nSPS) is 16.8. The minimum atomic E-state index is 0.733. The largest absolute Gasteiger partial charge is 0.381 e. The number of rotatable bonds is 5. The lowest BCUT2D eigenvalue weighted by atomic mass is 10.00. The average molecular weight is 266 g/mol. The van der Waals surface area contributed by atoms with Crippen molar-refractivity contribution in [1.82, 2.24) is 15.1 Å². The molecule has 0 bridgehead atoms. The van der Waals surface area contributed by atoms with Gasteiger partial charge in [-0.25, -0.2) is 0 Å². The van der Waals surface area contributed by atoms with E-state index in [-0.39, 0.29) is 0 Å². The highest BCUT2D eigenvalue weighted by Gasteiger charge is 2.20. The number of nitrogens with one attached hydrogen (secondary N) is 1. The molecule has 0 spiro atoms. The van der Waals surface area contributed by atoms with Gasteiger partial charge in [0.25, 0.3) is 0 Å². The van der Waals surface area contributed by atoms with Crippen LogP contribution in [0.15, 0.2) is 0 Å². The van der Waals surface area contributed by atoms with Gasteiger partial charge in [0.05, 0.1) is 5.69 Å². The van der Waals surface area contributed by atoms with Crippen LogP contribution in [-0.2, 0) is 18.3 Å². The Kier molecular flexibility index (Phi) is 4.82. The van der Waals surface area contributed by atoms with Crippen LogP contribution >= 0.6 is 0 Å². The van der Waals surface area contributed by atoms with Crippen LogP contribution in [0.3, 0.4) is 0 Å². The summed E-state index contributed by atoms with van der Waals surface area (Å²) in [7, 11) is 6.18. The Morgan fingerprint density at radius 1 is 1.42 bits per heavy atom. The second-order valence-corrected chi connectivity index (χ2v) is 5.48. The monoisotopic (exact) mass is 266 g/mol. The molecule has 0 aromatic carbocycles. The summed E-state index contributed by atoms with van der Waals surface area (Å²) in [6, 6.07) is 0. The second-order valence-electron chi connectivity index (χ2n) is 5.48. The van der Waals surface area contributed by atoms with Gasteiger partial charge < -0.3 is 15.0 Å². The van der Waals surface area contributed by atoms with Gasteiger partial charge in [0.15, 0.2) is 0 Å². The molecule has 0 atom stereocenters. The van der Waals surface area contributed by atoms with Gasteiger partial charge in [-0.2, -0.15) is 5.10 Å². The number of nitrogens with zero attached hydrogens (tertiary/aromatic N) is 3. The summed E-state index contributed by atoms with van der Waals surface area (Å²) >= 11 is 0. The van der Waals surface area contributed by atoms with E-state index in [0.29, 0.717) is 0 Å². The van der Waals surface area contributed by atoms with Crippen molar-refractivity contribution < 1.29 is 4.74 Å². The number of hydrogen-bond donors (Lipinski definition) is 1. The fourth-order valence-corrected chi connectivity index (χ4v) is 2.95. The molecule has 5 nitrogen and oxygen atoms in total. The van der Waals surface area contributed by atoms with Crippen LogP contribution in [0, 0.1) is 12.8 Å². The Labute approximate surface area is 115 Å². The predicted molar refractivity (Wildman–Crippen MR) is 77.5 cm³/mol. The molecular formula is C14H26N4O. The van der Waals surface area contributed by atoms with Gasteiger partial charge >= 0.3 is 0 Å². The molecule has 1 saturated heterocycles. The molecule has 1 N–H and O–H groups in total. The van der Waals surface area contributed by atoms with Crippen molar-refractivity contribution >= 4 is 5.82 Å². The Morgan fingerprint density at radius 2 is 2.11 bits per heavy atom. The zero-order valence-corrected chi connectivity index (χ0v) is 12.6. The molecule has 1 fully saturated rings. The van der Waals surface area contributed by atoms with Crippen molar-refractivity contribution in [3.8, 4) is 0 Å². The van der Waals surface area contributed by atoms with E-state index in [2.05, 4.69) is 29.3 Å². The van der Waals surface area contributed by atoms with Crippen LogP contribution in [0.4, 0.5) is 5.82 Å². The van der Waals surface area contributed by atoms with E-state index in [4.69, 9.17) is 4.74 Å². The molecule has 108 valence electrons. The maximum absolute atomic E-state index is 5.43. The SMILES string of the molecule is CNCc1c(C)nn(C)c1N(C)CC1CCOCC1. The van der Waals surface area contributed by atoms with Gasteiger partial charge in [-0.15, -0.1) is 0 Å². The first-order valence-electron chi connectivity index (χ1n) is 7.09. The van der Waals surface area contributed by atoms with Gasteiger partial charge in [-0.1, -0.05) is 0 Å². The number of aryl methyl sites for hydroxylation is 2. The average Bonchev–Trinajstić information content (AvgIpc) is 2.66. The summed E-state index contributed by atoms with van der Waals surface area (Å²) in [6.07, 6.45) is 2.34. The molecule has 2 heterocycles. The maximum atomic E-state index is 5.43. The van der Waals surface area contributed by atoms with Crippen LogP contribution in [-0.4, -0.2) is 43.6 Å². The molecule has 0 amide bonds. The second kappa shape index (κ2) is 6.39. The molecule has 19 heavy (non-hydrogen) atoms. The Morgan fingerprint density at radius 3 is 2.74 bits per heavy atom. The molecule has 2 rings (SSSR count). The Bertz CT molecular complexity index is 410. The summed E-state index contributed by atoms with van der Waals surface area (Å²) in [6.45, 7) is 5.85. The first-order valence-corrected chi connectivity index (χ1v) is 7.09. The van der Waals surface area contributed by atoms with Gasteiger partial charge in [0.2, 0.25) is 0 Å². The van der Waals surface area contributed by atoms with E-state index in [1.54, 1.807) is 0 Å². The lowest BCUT2D eigenvalue weighted by Crippen LogP contribution is -2.31. The van der Waals surface area contributed by atoms with Crippen molar-refractivity contribution in [2.75, 3.05) is 38.8 Å². The third kappa shape index (κ3) is 3.28. The van der Waals surface area contributed by atoms with Crippen LogP contribution in [0.2, 0.25) is 0 Å². The molecule has 0 radical (unpaired) electrons. The van der Waals surface area contributed by atoms with Crippen molar-refractivity contribution in [3.05, 3.63) is 11.3 Å². The summed E-state index contributed by atoms with van der Waals surface area (Å²) in [5.74, 6) is 1.97. The summed E-state index contributed by atoms with van der Waals surface area (Å²) < 4.78 is 7.43. The highest BCUT2D eigenvalue weighted by molar-refractivity contribution is 5.49. The summed E-state index contributed by atoms with van der Waals surface area (Å²) in [5, 5.41) is 7.79. The summed E-state index contributed by atoms with van der Waals surface area (Å²) in [4.78, 5) is 2.35. The van der Waals surface area contributed by atoms with E-state index in [1.807, 2.05) is 18.8 Å². The standard InChI is InChI=1S/C14H26N4O/c1-11-13(9-15-2)14(18(4)16-11)17(3)10-12-5-7-19-8-6-12/h12,15H,5-10H2,1-4H3. The van der Waals surface area contributed by atoms with Crippen molar-refractivity contribution in [2.24, 2.45) is 13.0 Å². The molecule has 1 aliphatic heterocycles. The quantitative estimate of drug-likeness (QED) is 0.872. The van der Waals surface area contributed by atoms with Gasteiger partial charge in [-0.05, 0) is 32.7 Å².